The van der Waals surface area contributed by atoms with Crippen molar-refractivity contribution in [3.63, 3.8) is 0 Å². The highest BCUT2D eigenvalue weighted by molar-refractivity contribution is 7.98. The molecule has 2 saturated heterocycles. The van der Waals surface area contributed by atoms with Gasteiger partial charge in [-0.2, -0.15) is 16.5 Å². The number of carbonyl (C=O) groups excluding carboxylic acids is 1. The first-order valence-corrected chi connectivity index (χ1v) is 11.9. The Kier molecular flexibility index (Phi) is 6.27. The molecule has 3 rings (SSSR count). The Bertz CT molecular complexity index is 725. The van der Waals surface area contributed by atoms with Crippen LogP contribution < -0.4 is 10.0 Å². The normalized spacial score (nSPS) is 23.8. The monoisotopic (exact) mass is 397 g/mol. The first kappa shape index (κ1) is 19.7. The van der Waals surface area contributed by atoms with Crippen LogP contribution in [0.4, 0.5) is 0 Å². The molecule has 0 aromatic heterocycles. The molecule has 6 nitrogen and oxygen atoms in total. The standard InChI is InChI=1S/C18H27N3O3S2/c1-13-3-5-16(6-4-13)26(23,24)20-17(7-8-25-2)18(22)21-11-14-9-19-10-15(14)12-21/h3-6,14-15,17,19-20H,7-12H2,1-2H3/t14-,15+,17?. The van der Waals surface area contributed by atoms with Crippen LogP contribution in [0, 0.1) is 18.8 Å². The Morgan fingerprint density at radius 3 is 2.46 bits per heavy atom. The summed E-state index contributed by atoms with van der Waals surface area (Å²) in [7, 11) is -3.72. The topological polar surface area (TPSA) is 78.5 Å². The van der Waals surface area contributed by atoms with Gasteiger partial charge in [0, 0.05) is 26.2 Å². The molecule has 144 valence electrons. The molecule has 8 heteroatoms. The summed E-state index contributed by atoms with van der Waals surface area (Å²) >= 11 is 1.61. The molecule has 0 aliphatic carbocycles. The fraction of sp³-hybridized carbons (Fsp3) is 0.611. The average molecular weight is 398 g/mol. The van der Waals surface area contributed by atoms with Crippen molar-refractivity contribution in [2.75, 3.05) is 38.2 Å². The Morgan fingerprint density at radius 2 is 1.88 bits per heavy atom. The van der Waals surface area contributed by atoms with Crippen LogP contribution in [-0.4, -0.2) is 63.5 Å². The number of fused-ring (bicyclic) bond motifs is 1. The number of likely N-dealkylation sites (tertiary alicyclic amines) is 1. The number of nitrogens with one attached hydrogen (secondary N) is 2. The van der Waals surface area contributed by atoms with Gasteiger partial charge in [0.05, 0.1) is 4.90 Å². The predicted molar refractivity (Wildman–Crippen MR) is 105 cm³/mol. The minimum Gasteiger partial charge on any atom is -0.341 e. The summed E-state index contributed by atoms with van der Waals surface area (Å²) in [4.78, 5) is 15.1. The van der Waals surface area contributed by atoms with Crippen LogP contribution in [0.1, 0.15) is 12.0 Å². The molecule has 1 aromatic rings. The summed E-state index contributed by atoms with van der Waals surface area (Å²) < 4.78 is 28.1. The van der Waals surface area contributed by atoms with Gasteiger partial charge in [-0.15, -0.1) is 0 Å². The summed E-state index contributed by atoms with van der Waals surface area (Å²) in [6, 6.07) is 5.99. The number of amides is 1. The lowest BCUT2D eigenvalue weighted by molar-refractivity contribution is -0.132. The van der Waals surface area contributed by atoms with E-state index in [2.05, 4.69) is 10.0 Å². The fourth-order valence-electron chi connectivity index (χ4n) is 3.70. The molecule has 1 unspecified atom stereocenters. The quantitative estimate of drug-likeness (QED) is 0.720. The van der Waals surface area contributed by atoms with Crippen molar-refractivity contribution >= 4 is 27.7 Å². The van der Waals surface area contributed by atoms with Gasteiger partial charge in [-0.25, -0.2) is 8.42 Å². The van der Waals surface area contributed by atoms with E-state index >= 15 is 0 Å². The van der Waals surface area contributed by atoms with E-state index in [9.17, 15) is 13.2 Å². The van der Waals surface area contributed by atoms with Gasteiger partial charge < -0.3 is 10.2 Å². The van der Waals surface area contributed by atoms with Gasteiger partial charge in [0.1, 0.15) is 6.04 Å². The summed E-state index contributed by atoms with van der Waals surface area (Å²) in [5.41, 5.74) is 0.996. The zero-order valence-electron chi connectivity index (χ0n) is 15.3. The van der Waals surface area contributed by atoms with Gasteiger partial charge in [0.25, 0.3) is 0 Å². The van der Waals surface area contributed by atoms with Crippen LogP contribution in [0.3, 0.4) is 0 Å². The highest BCUT2D eigenvalue weighted by Gasteiger charge is 2.40. The van der Waals surface area contributed by atoms with Crippen LogP contribution in [0.2, 0.25) is 0 Å². The maximum absolute atomic E-state index is 13.0. The minimum absolute atomic E-state index is 0.0934. The molecule has 2 aliphatic heterocycles. The molecule has 2 N–H and O–H groups in total. The second-order valence-corrected chi connectivity index (χ2v) is 9.89. The van der Waals surface area contributed by atoms with Crippen molar-refractivity contribution in [3.05, 3.63) is 29.8 Å². The Hall–Kier alpha value is -1.09. The van der Waals surface area contributed by atoms with Crippen LogP contribution in [-0.2, 0) is 14.8 Å². The summed E-state index contributed by atoms with van der Waals surface area (Å²) in [6.45, 7) is 5.24. The van der Waals surface area contributed by atoms with E-state index in [0.717, 1.165) is 37.5 Å². The van der Waals surface area contributed by atoms with Crippen molar-refractivity contribution in [2.45, 2.75) is 24.3 Å². The predicted octanol–water partition coefficient (Wildman–Crippen LogP) is 1.07. The van der Waals surface area contributed by atoms with Crippen LogP contribution in [0.5, 0.6) is 0 Å². The number of hydrogen-bond acceptors (Lipinski definition) is 5. The van der Waals surface area contributed by atoms with E-state index < -0.39 is 16.1 Å². The Balaban J connectivity index is 1.73. The van der Waals surface area contributed by atoms with Crippen LogP contribution in [0.15, 0.2) is 29.2 Å². The molecular weight excluding hydrogens is 370 g/mol. The average Bonchev–Trinajstić information content (AvgIpc) is 3.20. The van der Waals surface area contributed by atoms with Crippen molar-refractivity contribution in [3.8, 4) is 0 Å². The van der Waals surface area contributed by atoms with Gasteiger partial charge in [0.2, 0.25) is 15.9 Å². The van der Waals surface area contributed by atoms with E-state index in [1.807, 2.05) is 18.1 Å². The van der Waals surface area contributed by atoms with Crippen molar-refractivity contribution in [1.29, 1.82) is 0 Å². The van der Waals surface area contributed by atoms with Gasteiger partial charge in [-0.05, 0) is 49.3 Å². The lowest BCUT2D eigenvalue weighted by Gasteiger charge is -2.25. The minimum atomic E-state index is -3.72. The number of hydrogen-bond donors (Lipinski definition) is 2. The molecule has 3 atom stereocenters. The van der Waals surface area contributed by atoms with Gasteiger partial charge >= 0.3 is 0 Å². The molecule has 1 amide bonds. The second-order valence-electron chi connectivity index (χ2n) is 7.19. The van der Waals surface area contributed by atoms with E-state index in [-0.39, 0.29) is 10.8 Å². The number of carbonyl (C=O) groups is 1. The molecule has 0 spiro atoms. The first-order valence-electron chi connectivity index (χ1n) is 8.98. The third-order valence-electron chi connectivity index (χ3n) is 5.24. The molecule has 2 aliphatic rings. The van der Waals surface area contributed by atoms with Crippen LogP contribution >= 0.6 is 11.8 Å². The zero-order chi connectivity index (χ0) is 18.7. The third kappa shape index (κ3) is 4.42. The van der Waals surface area contributed by atoms with Gasteiger partial charge in [-0.1, -0.05) is 17.7 Å². The van der Waals surface area contributed by atoms with Crippen molar-refractivity contribution < 1.29 is 13.2 Å². The molecule has 26 heavy (non-hydrogen) atoms. The number of benzene rings is 1. The Morgan fingerprint density at radius 1 is 1.27 bits per heavy atom. The van der Waals surface area contributed by atoms with E-state index in [0.29, 0.717) is 18.3 Å². The molecule has 2 heterocycles. The van der Waals surface area contributed by atoms with Gasteiger partial charge in [-0.3, -0.25) is 4.79 Å². The summed E-state index contributed by atoms with van der Waals surface area (Å²) in [5.74, 6) is 1.63. The lowest BCUT2D eigenvalue weighted by atomic mass is 10.0. The SMILES string of the molecule is CSCCC(NS(=O)(=O)c1ccc(C)cc1)C(=O)N1C[C@H]2CNC[C@H]2C1. The van der Waals surface area contributed by atoms with E-state index in [4.69, 9.17) is 0 Å². The van der Waals surface area contributed by atoms with Crippen LogP contribution in [0.25, 0.3) is 0 Å². The van der Waals surface area contributed by atoms with Gasteiger partial charge in [0.15, 0.2) is 0 Å². The fourth-order valence-corrected chi connectivity index (χ4v) is 5.39. The number of nitrogens with zero attached hydrogens (tertiary/aromatic N) is 1. The highest BCUT2D eigenvalue weighted by Crippen LogP contribution is 2.27. The number of thioether (sulfide) groups is 1. The highest BCUT2D eigenvalue weighted by atomic mass is 32.2. The maximum Gasteiger partial charge on any atom is 0.241 e. The molecular formula is C18H27N3O3S2. The third-order valence-corrected chi connectivity index (χ3v) is 7.37. The zero-order valence-corrected chi connectivity index (χ0v) is 16.9. The molecule has 0 saturated carbocycles. The van der Waals surface area contributed by atoms with Crippen molar-refractivity contribution in [2.24, 2.45) is 11.8 Å². The molecule has 1 aromatic carbocycles. The largest absolute Gasteiger partial charge is 0.341 e. The number of sulfonamides is 1. The van der Waals surface area contributed by atoms with Crippen molar-refractivity contribution in [1.82, 2.24) is 14.9 Å². The Labute approximate surface area is 160 Å². The van der Waals surface area contributed by atoms with E-state index in [1.165, 1.54) is 0 Å². The lowest BCUT2D eigenvalue weighted by Crippen LogP contribution is -2.48. The second kappa shape index (κ2) is 8.29. The molecule has 0 radical (unpaired) electrons. The van der Waals surface area contributed by atoms with E-state index in [1.54, 1.807) is 36.0 Å². The molecule has 0 bridgehead atoms. The number of rotatable bonds is 7. The first-order chi connectivity index (χ1) is 12.4. The number of aryl methyl sites for hydroxylation is 1. The summed E-state index contributed by atoms with van der Waals surface area (Å²) in [5, 5.41) is 3.36. The smallest absolute Gasteiger partial charge is 0.241 e. The molecule has 2 fully saturated rings. The summed E-state index contributed by atoms with van der Waals surface area (Å²) in [6.07, 6.45) is 2.46. The maximum atomic E-state index is 13.0.